The van der Waals surface area contributed by atoms with Gasteiger partial charge in [-0.2, -0.15) is 0 Å². The van der Waals surface area contributed by atoms with Crippen molar-refractivity contribution < 1.29 is 28.7 Å². The van der Waals surface area contributed by atoms with E-state index < -0.39 is 48.9 Å². The van der Waals surface area contributed by atoms with Crippen LogP contribution in [0.5, 0.6) is 0 Å². The molecule has 7 amide bonds. The highest BCUT2D eigenvalue weighted by atomic mass is 28.3. The molecule has 13 heteroatoms. The summed E-state index contributed by atoms with van der Waals surface area (Å²) >= 11 is 0. The molecule has 0 aliphatic carbocycles. The number of benzene rings is 1. The van der Waals surface area contributed by atoms with Crippen molar-refractivity contribution in [2.75, 3.05) is 24.8 Å². The molecule has 0 spiro atoms. The molecule has 2 saturated heterocycles. The number of nitrogens with zero attached hydrogens (tertiary/aromatic N) is 4. The fourth-order valence-electron chi connectivity index (χ4n) is 4.38. The van der Waals surface area contributed by atoms with E-state index in [-0.39, 0.29) is 31.4 Å². The SMILES string of the molecule is CCCCN1C(=O)C(=C(N)N)C(=O)N(c2ccc(CN3C(=O)N(COCC[Si](C)(C)C)C(=O)C3(C)C)cc2)C1=O. The van der Waals surface area contributed by atoms with Gasteiger partial charge in [0, 0.05) is 27.8 Å². The average molecular weight is 573 g/mol. The molecule has 40 heavy (non-hydrogen) atoms. The fraction of sp³-hybridized carbons (Fsp3) is 0.519. The number of amides is 7. The summed E-state index contributed by atoms with van der Waals surface area (Å²) in [5, 5.41) is 0. The van der Waals surface area contributed by atoms with Crippen LogP contribution in [0.2, 0.25) is 25.7 Å². The van der Waals surface area contributed by atoms with E-state index in [1.165, 1.54) is 17.0 Å². The largest absolute Gasteiger partial charge is 0.385 e. The molecule has 0 unspecified atom stereocenters. The molecule has 4 N–H and O–H groups in total. The molecule has 0 atom stereocenters. The van der Waals surface area contributed by atoms with Crippen LogP contribution in [-0.2, 0) is 25.7 Å². The molecule has 2 aliphatic heterocycles. The van der Waals surface area contributed by atoms with Crippen molar-refractivity contribution >= 4 is 43.5 Å². The molecule has 218 valence electrons. The van der Waals surface area contributed by atoms with E-state index >= 15 is 0 Å². The Kier molecular flexibility index (Phi) is 9.09. The highest BCUT2D eigenvalue weighted by Gasteiger charge is 2.51. The van der Waals surface area contributed by atoms with Gasteiger partial charge in [-0.1, -0.05) is 45.1 Å². The van der Waals surface area contributed by atoms with Crippen LogP contribution in [0.4, 0.5) is 15.3 Å². The van der Waals surface area contributed by atoms with Crippen LogP contribution in [-0.4, -0.2) is 78.0 Å². The van der Waals surface area contributed by atoms with Gasteiger partial charge in [-0.25, -0.2) is 19.4 Å². The second-order valence-corrected chi connectivity index (χ2v) is 17.4. The first-order valence-electron chi connectivity index (χ1n) is 13.4. The lowest BCUT2D eigenvalue weighted by Gasteiger charge is -2.34. The number of ether oxygens (including phenoxy) is 1. The molecule has 0 saturated carbocycles. The summed E-state index contributed by atoms with van der Waals surface area (Å²) in [5.74, 6) is -2.52. The van der Waals surface area contributed by atoms with Gasteiger partial charge in [-0.05, 0) is 44.0 Å². The Bertz CT molecular complexity index is 1220. The Morgan fingerprint density at radius 3 is 2.10 bits per heavy atom. The van der Waals surface area contributed by atoms with Crippen LogP contribution in [0.3, 0.4) is 0 Å². The number of rotatable bonds is 11. The summed E-state index contributed by atoms with van der Waals surface area (Å²) < 4.78 is 5.67. The van der Waals surface area contributed by atoms with Crippen LogP contribution >= 0.6 is 0 Å². The number of unbranched alkanes of at least 4 members (excludes halogenated alkanes) is 1. The monoisotopic (exact) mass is 572 g/mol. The van der Waals surface area contributed by atoms with Gasteiger partial charge >= 0.3 is 12.1 Å². The number of hydrogen-bond acceptors (Lipinski definition) is 8. The lowest BCUT2D eigenvalue weighted by Crippen LogP contribution is -2.57. The smallest absolute Gasteiger partial charge is 0.338 e. The Labute approximate surface area is 235 Å². The third-order valence-electron chi connectivity index (χ3n) is 6.98. The number of urea groups is 2. The molecule has 0 radical (unpaired) electrons. The highest BCUT2D eigenvalue weighted by Crippen LogP contribution is 2.31. The standard InChI is InChI=1S/C27H40N6O6Si/c1-7-8-13-30-22(34)20(21(28)29)23(35)33(26(30)38)19-11-9-18(10-12-19)16-32-25(37)31(24(36)27(32,2)3)17-39-14-15-40(4,5)6/h9-12H,7-8,13-17,28-29H2,1-6H3. The molecule has 1 aromatic carbocycles. The maximum atomic E-state index is 13.2. The highest BCUT2D eigenvalue weighted by molar-refractivity contribution is 6.76. The van der Waals surface area contributed by atoms with Gasteiger partial charge in [0.2, 0.25) is 0 Å². The minimum atomic E-state index is -1.31. The zero-order chi connectivity index (χ0) is 30.0. The van der Waals surface area contributed by atoms with E-state index in [2.05, 4.69) is 19.6 Å². The topological polar surface area (TPSA) is 160 Å². The van der Waals surface area contributed by atoms with E-state index in [1.807, 2.05) is 6.92 Å². The van der Waals surface area contributed by atoms with Gasteiger partial charge in [0.25, 0.3) is 17.7 Å². The van der Waals surface area contributed by atoms with Gasteiger partial charge in [0.05, 0.1) is 5.69 Å². The number of anilines is 1. The Morgan fingerprint density at radius 1 is 0.925 bits per heavy atom. The third kappa shape index (κ3) is 6.20. The molecular formula is C27H40N6O6Si. The average Bonchev–Trinajstić information content (AvgIpc) is 3.01. The zero-order valence-electron chi connectivity index (χ0n) is 24.2. The molecular weight excluding hydrogens is 532 g/mol. The number of barbiturate groups is 1. The van der Waals surface area contributed by atoms with Crippen molar-refractivity contribution in [3.63, 3.8) is 0 Å². The number of hydrogen-bond donors (Lipinski definition) is 2. The third-order valence-corrected chi connectivity index (χ3v) is 8.68. The van der Waals surface area contributed by atoms with Crippen LogP contribution in [0.25, 0.3) is 0 Å². The quantitative estimate of drug-likeness (QED) is 0.135. The normalized spacial score (nSPS) is 17.9. The lowest BCUT2D eigenvalue weighted by atomic mass is 10.0. The number of carbonyl (C=O) groups is 5. The van der Waals surface area contributed by atoms with Crippen LogP contribution in [0.15, 0.2) is 35.7 Å². The van der Waals surface area contributed by atoms with E-state index in [4.69, 9.17) is 16.2 Å². The van der Waals surface area contributed by atoms with Crippen molar-refractivity contribution in [3.8, 4) is 0 Å². The van der Waals surface area contributed by atoms with Gasteiger partial charge in [0.15, 0.2) is 0 Å². The van der Waals surface area contributed by atoms with Gasteiger partial charge in [-0.15, -0.1) is 0 Å². The molecule has 0 aromatic heterocycles. The lowest BCUT2D eigenvalue weighted by molar-refractivity contribution is -0.135. The summed E-state index contributed by atoms with van der Waals surface area (Å²) in [6, 6.07) is 6.06. The molecule has 0 bridgehead atoms. The zero-order valence-corrected chi connectivity index (χ0v) is 25.2. The maximum absolute atomic E-state index is 13.2. The van der Waals surface area contributed by atoms with Crippen LogP contribution in [0.1, 0.15) is 39.2 Å². The number of imide groups is 3. The molecule has 2 fully saturated rings. The minimum Gasteiger partial charge on any atom is -0.385 e. The molecule has 2 aliphatic rings. The first kappa shape index (κ1) is 30.8. The van der Waals surface area contributed by atoms with Crippen molar-refractivity contribution in [3.05, 3.63) is 41.2 Å². The second kappa shape index (κ2) is 11.8. The summed E-state index contributed by atoms with van der Waals surface area (Å²) in [7, 11) is -1.31. The van der Waals surface area contributed by atoms with Crippen molar-refractivity contribution in [2.24, 2.45) is 11.5 Å². The Morgan fingerprint density at radius 2 is 1.55 bits per heavy atom. The van der Waals surface area contributed by atoms with Crippen LogP contribution in [0, 0.1) is 0 Å². The Hall–Kier alpha value is -3.71. The summed E-state index contributed by atoms with van der Waals surface area (Å²) in [4.78, 5) is 69.6. The predicted molar refractivity (Wildman–Crippen MR) is 152 cm³/mol. The summed E-state index contributed by atoms with van der Waals surface area (Å²) in [6.45, 7) is 12.6. The van der Waals surface area contributed by atoms with Gasteiger partial charge in [-0.3, -0.25) is 19.3 Å². The van der Waals surface area contributed by atoms with E-state index in [0.717, 1.165) is 27.2 Å². The summed E-state index contributed by atoms with van der Waals surface area (Å²) in [5.41, 5.74) is 10.6. The minimum absolute atomic E-state index is 0.104. The van der Waals surface area contributed by atoms with E-state index in [1.54, 1.807) is 26.0 Å². The first-order valence-corrected chi connectivity index (χ1v) is 17.1. The molecule has 2 heterocycles. The van der Waals surface area contributed by atoms with E-state index in [9.17, 15) is 24.0 Å². The maximum Gasteiger partial charge on any atom is 0.338 e. The number of carbonyl (C=O) groups excluding carboxylic acids is 5. The Balaban J connectivity index is 1.78. The van der Waals surface area contributed by atoms with Crippen LogP contribution < -0.4 is 16.4 Å². The van der Waals surface area contributed by atoms with Crippen molar-refractivity contribution in [1.82, 2.24) is 14.7 Å². The number of nitrogens with two attached hydrogens (primary N) is 2. The predicted octanol–water partition coefficient (Wildman–Crippen LogP) is 2.77. The first-order chi connectivity index (χ1) is 18.6. The van der Waals surface area contributed by atoms with Gasteiger partial charge in [0.1, 0.15) is 23.7 Å². The fourth-order valence-corrected chi connectivity index (χ4v) is 5.14. The molecule has 12 nitrogen and oxygen atoms in total. The molecule has 1 aromatic rings. The summed E-state index contributed by atoms with van der Waals surface area (Å²) in [6.07, 6.45) is 1.28. The van der Waals surface area contributed by atoms with Crippen molar-refractivity contribution in [1.29, 1.82) is 0 Å². The van der Waals surface area contributed by atoms with Gasteiger partial charge < -0.3 is 21.1 Å². The molecule has 3 rings (SSSR count). The van der Waals surface area contributed by atoms with E-state index in [0.29, 0.717) is 18.6 Å². The second-order valence-electron chi connectivity index (χ2n) is 11.7. The van der Waals surface area contributed by atoms with Crippen molar-refractivity contribution in [2.45, 2.75) is 71.4 Å².